The normalized spacial score (nSPS) is 11.7. The van der Waals surface area contributed by atoms with Gasteiger partial charge in [-0.25, -0.2) is 13.2 Å². The van der Waals surface area contributed by atoms with Gasteiger partial charge in [-0.2, -0.15) is 0 Å². The fourth-order valence-corrected chi connectivity index (χ4v) is 4.13. The van der Waals surface area contributed by atoms with Crippen molar-refractivity contribution < 1.29 is 23.1 Å². The number of carbonyl (C=O) groups is 1. The first kappa shape index (κ1) is 19.8. The lowest BCUT2D eigenvalue weighted by Crippen LogP contribution is -2.15. The quantitative estimate of drug-likeness (QED) is 0.556. The molecule has 28 heavy (non-hydrogen) atoms. The zero-order valence-corrected chi connectivity index (χ0v) is 16.6. The Hall–Kier alpha value is -3.00. The predicted octanol–water partition coefficient (Wildman–Crippen LogP) is 3.87. The van der Waals surface area contributed by atoms with E-state index in [9.17, 15) is 18.3 Å². The number of aromatic amines is 1. The van der Waals surface area contributed by atoms with Crippen molar-refractivity contribution in [3.8, 4) is 5.75 Å². The van der Waals surface area contributed by atoms with Crippen LogP contribution in [0.5, 0.6) is 5.75 Å². The third-order valence-electron chi connectivity index (χ3n) is 4.33. The number of fused-ring (bicyclic) bond motifs is 1. The number of rotatable bonds is 7. The molecule has 0 atom stereocenters. The van der Waals surface area contributed by atoms with Crippen molar-refractivity contribution in [3.05, 3.63) is 53.7 Å². The van der Waals surface area contributed by atoms with Gasteiger partial charge in [-0.3, -0.25) is 4.72 Å². The molecule has 3 N–H and O–H groups in total. The van der Waals surface area contributed by atoms with Gasteiger partial charge in [-0.1, -0.05) is 26.0 Å². The largest absolute Gasteiger partial charge is 0.497 e. The Bertz CT molecular complexity index is 1120. The number of nitrogens with one attached hydrogen (secondary N) is 2. The van der Waals surface area contributed by atoms with Gasteiger partial charge in [0.05, 0.1) is 17.7 Å². The summed E-state index contributed by atoms with van der Waals surface area (Å²) in [6.45, 7) is 4.18. The van der Waals surface area contributed by atoms with Crippen LogP contribution in [-0.2, 0) is 16.4 Å². The summed E-state index contributed by atoms with van der Waals surface area (Å²) in [6, 6.07) is 11.5. The second kappa shape index (κ2) is 7.55. The maximum atomic E-state index is 12.9. The summed E-state index contributed by atoms with van der Waals surface area (Å²) in [6.07, 6.45) is 0.846. The van der Waals surface area contributed by atoms with Crippen molar-refractivity contribution in [2.75, 3.05) is 11.8 Å². The molecule has 1 heterocycles. The Morgan fingerprint density at radius 1 is 1.18 bits per heavy atom. The first-order valence-electron chi connectivity index (χ1n) is 8.76. The van der Waals surface area contributed by atoms with Gasteiger partial charge in [-0.15, -0.1) is 0 Å². The summed E-state index contributed by atoms with van der Waals surface area (Å²) in [5.41, 5.74) is 1.27. The molecule has 0 spiro atoms. The van der Waals surface area contributed by atoms with Crippen molar-refractivity contribution in [2.24, 2.45) is 5.92 Å². The Morgan fingerprint density at radius 2 is 1.86 bits per heavy atom. The smallest absolute Gasteiger partial charge is 0.354 e. The average Bonchev–Trinajstić information content (AvgIpc) is 2.99. The Balaban J connectivity index is 2.02. The van der Waals surface area contributed by atoms with Crippen molar-refractivity contribution >= 4 is 32.6 Å². The number of carboxylic acids is 1. The number of aromatic nitrogens is 1. The number of carboxylic acid groups (broad SMARTS) is 1. The highest BCUT2D eigenvalue weighted by atomic mass is 32.2. The summed E-state index contributed by atoms with van der Waals surface area (Å²) < 4.78 is 33.3. The van der Waals surface area contributed by atoms with Gasteiger partial charge in [-0.05, 0) is 48.2 Å². The van der Waals surface area contributed by atoms with Gasteiger partial charge in [0.2, 0.25) is 0 Å². The lowest BCUT2D eigenvalue weighted by molar-refractivity contribution is 0.0692. The van der Waals surface area contributed by atoms with Gasteiger partial charge >= 0.3 is 5.97 Å². The second-order valence-electron chi connectivity index (χ2n) is 6.94. The van der Waals surface area contributed by atoms with Gasteiger partial charge in [0, 0.05) is 10.9 Å². The van der Waals surface area contributed by atoms with Crippen LogP contribution in [0.3, 0.4) is 0 Å². The average molecular weight is 402 g/mol. The van der Waals surface area contributed by atoms with Crippen LogP contribution in [0.1, 0.15) is 29.9 Å². The second-order valence-corrected chi connectivity index (χ2v) is 8.62. The van der Waals surface area contributed by atoms with E-state index in [1.165, 1.54) is 19.2 Å². The SMILES string of the molecule is COc1ccc2[nH]c(C(=O)O)c(NS(=O)(=O)c3ccc(CC(C)C)cc3)c2c1. The number of anilines is 1. The Morgan fingerprint density at radius 3 is 2.43 bits per heavy atom. The van der Waals surface area contributed by atoms with Crippen LogP contribution in [0.15, 0.2) is 47.4 Å². The van der Waals surface area contributed by atoms with Crippen LogP contribution in [0.2, 0.25) is 0 Å². The number of hydrogen-bond donors (Lipinski definition) is 3. The molecule has 0 unspecified atom stereocenters. The summed E-state index contributed by atoms with van der Waals surface area (Å²) in [5.74, 6) is -0.318. The van der Waals surface area contributed by atoms with Gasteiger partial charge < -0.3 is 14.8 Å². The number of ether oxygens (including phenoxy) is 1. The van der Waals surface area contributed by atoms with Crippen LogP contribution in [0.4, 0.5) is 5.69 Å². The standard InChI is InChI=1S/C20H22N2O5S/c1-12(2)10-13-4-7-15(8-5-13)28(25,26)22-18-16-11-14(27-3)6-9-17(16)21-19(18)20(23)24/h4-9,11-12,21-22H,10H2,1-3H3,(H,23,24). The molecule has 8 heteroatoms. The molecule has 0 radical (unpaired) electrons. The maximum Gasteiger partial charge on any atom is 0.354 e. The molecule has 0 aliphatic rings. The molecule has 0 aliphatic heterocycles. The molecule has 3 rings (SSSR count). The number of benzene rings is 2. The molecular formula is C20H22N2O5S. The minimum Gasteiger partial charge on any atom is -0.497 e. The minimum atomic E-state index is -3.97. The highest BCUT2D eigenvalue weighted by molar-refractivity contribution is 7.92. The summed E-state index contributed by atoms with van der Waals surface area (Å²) in [5, 5.41) is 9.90. The van der Waals surface area contributed by atoms with E-state index in [4.69, 9.17) is 4.74 Å². The van der Waals surface area contributed by atoms with E-state index < -0.39 is 16.0 Å². The van der Waals surface area contributed by atoms with Crippen molar-refractivity contribution in [3.63, 3.8) is 0 Å². The van der Waals surface area contributed by atoms with E-state index >= 15 is 0 Å². The van der Waals surface area contributed by atoms with Gasteiger partial charge in [0.25, 0.3) is 10.0 Å². The van der Waals surface area contributed by atoms with Crippen LogP contribution in [0, 0.1) is 5.92 Å². The molecule has 0 saturated carbocycles. The third-order valence-corrected chi connectivity index (χ3v) is 5.70. The van der Waals surface area contributed by atoms with E-state index in [2.05, 4.69) is 23.6 Å². The monoisotopic (exact) mass is 402 g/mol. The van der Waals surface area contributed by atoms with Crippen LogP contribution in [-0.4, -0.2) is 31.6 Å². The minimum absolute atomic E-state index is 0.0207. The molecule has 148 valence electrons. The highest BCUT2D eigenvalue weighted by Crippen LogP contribution is 2.32. The summed E-state index contributed by atoms with van der Waals surface area (Å²) >= 11 is 0. The lowest BCUT2D eigenvalue weighted by atomic mass is 10.0. The molecule has 0 saturated heterocycles. The lowest BCUT2D eigenvalue weighted by Gasteiger charge is -2.10. The fourth-order valence-electron chi connectivity index (χ4n) is 3.03. The number of sulfonamides is 1. The first-order chi connectivity index (χ1) is 13.2. The van der Waals surface area contributed by atoms with Crippen molar-refractivity contribution in [2.45, 2.75) is 25.2 Å². The number of methoxy groups -OCH3 is 1. The molecule has 3 aromatic rings. The number of hydrogen-bond acceptors (Lipinski definition) is 4. The van der Waals surface area contributed by atoms with E-state index in [0.29, 0.717) is 22.6 Å². The number of H-pyrrole nitrogens is 1. The topological polar surface area (TPSA) is 108 Å². The fraction of sp³-hybridized carbons (Fsp3) is 0.250. The molecule has 0 bridgehead atoms. The molecule has 1 aromatic heterocycles. The third kappa shape index (κ3) is 3.96. The summed E-state index contributed by atoms with van der Waals surface area (Å²) in [4.78, 5) is 14.4. The molecule has 0 aliphatic carbocycles. The zero-order valence-electron chi connectivity index (χ0n) is 15.8. The summed E-state index contributed by atoms with van der Waals surface area (Å²) in [7, 11) is -2.49. The van der Waals surface area contributed by atoms with Gasteiger partial charge in [0.15, 0.2) is 0 Å². The zero-order chi connectivity index (χ0) is 20.5. The highest BCUT2D eigenvalue weighted by Gasteiger charge is 2.23. The van der Waals surface area contributed by atoms with E-state index in [0.717, 1.165) is 12.0 Å². The molecule has 0 fully saturated rings. The first-order valence-corrected chi connectivity index (χ1v) is 10.2. The van der Waals surface area contributed by atoms with Crippen LogP contribution >= 0.6 is 0 Å². The van der Waals surface area contributed by atoms with Crippen molar-refractivity contribution in [1.82, 2.24) is 4.98 Å². The number of aromatic carboxylic acids is 1. The maximum absolute atomic E-state index is 12.9. The van der Waals surface area contributed by atoms with Crippen molar-refractivity contribution in [1.29, 1.82) is 0 Å². The van der Waals surface area contributed by atoms with E-state index in [1.807, 2.05) is 0 Å². The van der Waals surface area contributed by atoms with E-state index in [1.54, 1.807) is 30.3 Å². The molecule has 7 nitrogen and oxygen atoms in total. The Labute approximate surface area is 163 Å². The van der Waals surface area contributed by atoms with Crippen LogP contribution < -0.4 is 9.46 Å². The van der Waals surface area contributed by atoms with E-state index in [-0.39, 0.29) is 16.3 Å². The van der Waals surface area contributed by atoms with Crippen LogP contribution in [0.25, 0.3) is 10.9 Å². The molecule has 0 amide bonds. The predicted molar refractivity (Wildman–Crippen MR) is 108 cm³/mol. The van der Waals surface area contributed by atoms with Gasteiger partial charge in [0.1, 0.15) is 11.4 Å². The Kier molecular flexibility index (Phi) is 5.33. The molecule has 2 aromatic carbocycles. The molecular weight excluding hydrogens is 380 g/mol.